The minimum Gasteiger partial charge on any atom is -0.497 e. The van der Waals surface area contributed by atoms with E-state index in [0.29, 0.717) is 6.54 Å². The highest BCUT2D eigenvalue weighted by Crippen LogP contribution is 2.26. The normalized spacial score (nSPS) is 14.2. The number of benzene rings is 2. The van der Waals surface area contributed by atoms with Gasteiger partial charge in [-0.25, -0.2) is 0 Å². The highest BCUT2D eigenvalue weighted by molar-refractivity contribution is 5.79. The molecule has 0 bridgehead atoms. The molecular formula is C24H34N4O2. The molecule has 0 aliphatic carbocycles. The van der Waals surface area contributed by atoms with Crippen LogP contribution in [0.2, 0.25) is 0 Å². The molecule has 1 unspecified atom stereocenters. The molecule has 2 N–H and O–H groups in total. The number of aliphatic imine (C=N–C) groups is 1. The van der Waals surface area contributed by atoms with E-state index in [9.17, 15) is 0 Å². The Labute approximate surface area is 180 Å². The van der Waals surface area contributed by atoms with E-state index in [0.717, 1.165) is 50.0 Å². The third-order valence-corrected chi connectivity index (χ3v) is 5.33. The van der Waals surface area contributed by atoms with Crippen molar-refractivity contribution in [3.63, 3.8) is 0 Å². The largest absolute Gasteiger partial charge is 0.497 e. The van der Waals surface area contributed by atoms with Crippen LogP contribution in [-0.2, 0) is 12.8 Å². The third kappa shape index (κ3) is 5.89. The van der Waals surface area contributed by atoms with Crippen LogP contribution >= 0.6 is 0 Å². The van der Waals surface area contributed by atoms with Gasteiger partial charge in [0.05, 0.1) is 26.3 Å². The molecule has 0 saturated carbocycles. The average molecular weight is 411 g/mol. The fraction of sp³-hybridized carbons (Fsp3) is 0.458. The molecule has 162 valence electrons. The number of fused-ring (bicyclic) bond motifs is 1. The van der Waals surface area contributed by atoms with Crippen LogP contribution in [0.15, 0.2) is 47.5 Å². The Kier molecular flexibility index (Phi) is 7.97. The number of likely N-dealkylation sites (N-methyl/N-ethyl adjacent to an activating group) is 1. The fourth-order valence-electron chi connectivity index (χ4n) is 3.66. The SMILES string of the molecule is CCNC(=NCC(c1cccc(OC)c1)N(C)C)NCCc1ccc2c(c1)CCO2. The Bertz CT molecular complexity index is 851. The predicted octanol–water partition coefficient (Wildman–Crippen LogP) is 3.03. The van der Waals surface area contributed by atoms with Crippen LogP contribution in [0.1, 0.15) is 29.7 Å². The maximum absolute atomic E-state index is 5.60. The zero-order valence-corrected chi connectivity index (χ0v) is 18.6. The molecule has 0 fully saturated rings. The van der Waals surface area contributed by atoms with Crippen LogP contribution < -0.4 is 20.1 Å². The molecule has 1 aliphatic rings. The fourth-order valence-corrected chi connectivity index (χ4v) is 3.66. The summed E-state index contributed by atoms with van der Waals surface area (Å²) in [6, 6.07) is 14.9. The second-order valence-electron chi connectivity index (χ2n) is 7.69. The molecule has 2 aromatic rings. The average Bonchev–Trinajstić information content (AvgIpc) is 3.21. The number of nitrogens with zero attached hydrogens (tertiary/aromatic N) is 2. The van der Waals surface area contributed by atoms with Crippen molar-refractivity contribution < 1.29 is 9.47 Å². The Hall–Kier alpha value is -2.73. The first-order valence-electron chi connectivity index (χ1n) is 10.7. The molecule has 0 radical (unpaired) electrons. The molecule has 30 heavy (non-hydrogen) atoms. The van der Waals surface area contributed by atoms with Gasteiger partial charge in [-0.1, -0.05) is 24.3 Å². The van der Waals surface area contributed by atoms with Gasteiger partial charge in [-0.3, -0.25) is 4.99 Å². The third-order valence-electron chi connectivity index (χ3n) is 5.33. The molecule has 0 saturated heterocycles. The van der Waals surface area contributed by atoms with E-state index in [4.69, 9.17) is 14.5 Å². The zero-order chi connectivity index (χ0) is 21.3. The van der Waals surface area contributed by atoms with Gasteiger partial charge in [0.1, 0.15) is 11.5 Å². The summed E-state index contributed by atoms with van der Waals surface area (Å²) in [5.74, 6) is 2.75. The van der Waals surface area contributed by atoms with E-state index in [1.54, 1.807) is 7.11 Å². The minimum absolute atomic E-state index is 0.173. The summed E-state index contributed by atoms with van der Waals surface area (Å²) < 4.78 is 11.0. The van der Waals surface area contributed by atoms with Crippen LogP contribution in [-0.4, -0.2) is 58.3 Å². The topological polar surface area (TPSA) is 58.1 Å². The lowest BCUT2D eigenvalue weighted by Crippen LogP contribution is -2.39. The van der Waals surface area contributed by atoms with Gasteiger partial charge in [0, 0.05) is 19.5 Å². The monoisotopic (exact) mass is 410 g/mol. The van der Waals surface area contributed by atoms with Gasteiger partial charge in [-0.15, -0.1) is 0 Å². The zero-order valence-electron chi connectivity index (χ0n) is 18.6. The molecule has 1 atom stereocenters. The molecule has 6 nitrogen and oxygen atoms in total. The summed E-state index contributed by atoms with van der Waals surface area (Å²) in [6.07, 6.45) is 1.96. The summed E-state index contributed by atoms with van der Waals surface area (Å²) >= 11 is 0. The molecule has 1 heterocycles. The van der Waals surface area contributed by atoms with Gasteiger partial charge in [0.25, 0.3) is 0 Å². The van der Waals surface area contributed by atoms with Crippen molar-refractivity contribution in [3.05, 3.63) is 59.2 Å². The van der Waals surface area contributed by atoms with Crippen LogP contribution in [0, 0.1) is 0 Å². The number of ether oxygens (including phenoxy) is 2. The second kappa shape index (κ2) is 10.9. The van der Waals surface area contributed by atoms with Crippen molar-refractivity contribution in [2.75, 3.05) is 47.4 Å². The number of guanidine groups is 1. The standard InChI is InChI=1S/C24H34N4O2/c1-5-25-24(26-13-11-18-9-10-23-20(15-18)12-14-30-23)27-17-22(28(2)3)19-7-6-8-21(16-19)29-4/h6-10,15-16,22H,5,11-14,17H2,1-4H3,(H2,25,26,27). The van der Waals surface area contributed by atoms with E-state index < -0.39 is 0 Å². The van der Waals surface area contributed by atoms with E-state index >= 15 is 0 Å². The number of rotatable bonds is 9. The summed E-state index contributed by atoms with van der Waals surface area (Å²) in [7, 11) is 5.86. The molecular weight excluding hydrogens is 376 g/mol. The van der Waals surface area contributed by atoms with Crippen LogP contribution in [0.4, 0.5) is 0 Å². The van der Waals surface area contributed by atoms with Gasteiger partial charge in [0.15, 0.2) is 5.96 Å². The lowest BCUT2D eigenvalue weighted by atomic mass is 10.1. The molecule has 1 aliphatic heterocycles. The summed E-state index contributed by atoms with van der Waals surface area (Å²) in [5, 5.41) is 6.82. The maximum atomic E-state index is 5.60. The van der Waals surface area contributed by atoms with Crippen LogP contribution in [0.5, 0.6) is 11.5 Å². The predicted molar refractivity (Wildman–Crippen MR) is 123 cm³/mol. The molecule has 3 rings (SSSR count). The summed E-state index contributed by atoms with van der Waals surface area (Å²) in [5.41, 5.74) is 3.84. The second-order valence-corrected chi connectivity index (χ2v) is 7.69. The number of hydrogen-bond acceptors (Lipinski definition) is 4. The molecule has 6 heteroatoms. The van der Waals surface area contributed by atoms with Crippen molar-refractivity contribution in [2.45, 2.75) is 25.8 Å². The molecule has 0 spiro atoms. The Balaban J connectivity index is 1.60. The molecule has 0 amide bonds. The lowest BCUT2D eigenvalue weighted by molar-refractivity contribution is 0.305. The van der Waals surface area contributed by atoms with E-state index in [-0.39, 0.29) is 6.04 Å². The summed E-state index contributed by atoms with van der Waals surface area (Å²) in [6.45, 7) is 5.20. The van der Waals surface area contributed by atoms with Gasteiger partial charge in [-0.2, -0.15) is 0 Å². The van der Waals surface area contributed by atoms with Crippen molar-refractivity contribution in [1.82, 2.24) is 15.5 Å². The molecule has 0 aromatic heterocycles. The van der Waals surface area contributed by atoms with Gasteiger partial charge in [-0.05, 0) is 62.3 Å². The first-order valence-corrected chi connectivity index (χ1v) is 10.7. The van der Waals surface area contributed by atoms with Crippen molar-refractivity contribution in [3.8, 4) is 11.5 Å². The lowest BCUT2D eigenvalue weighted by Gasteiger charge is -2.24. The first-order chi connectivity index (χ1) is 14.6. The van der Waals surface area contributed by atoms with Gasteiger partial charge >= 0.3 is 0 Å². The van der Waals surface area contributed by atoms with Crippen molar-refractivity contribution in [1.29, 1.82) is 0 Å². The Morgan fingerprint density at radius 3 is 2.83 bits per heavy atom. The van der Waals surface area contributed by atoms with Gasteiger partial charge < -0.3 is 25.0 Å². The van der Waals surface area contributed by atoms with Crippen LogP contribution in [0.3, 0.4) is 0 Å². The maximum Gasteiger partial charge on any atom is 0.191 e. The van der Waals surface area contributed by atoms with Crippen LogP contribution in [0.25, 0.3) is 0 Å². The van der Waals surface area contributed by atoms with E-state index in [2.05, 4.69) is 66.9 Å². The highest BCUT2D eigenvalue weighted by atomic mass is 16.5. The Morgan fingerprint density at radius 1 is 1.20 bits per heavy atom. The number of hydrogen-bond donors (Lipinski definition) is 2. The Morgan fingerprint density at radius 2 is 2.07 bits per heavy atom. The first kappa shape index (κ1) is 22.0. The van der Waals surface area contributed by atoms with Crippen molar-refractivity contribution >= 4 is 5.96 Å². The number of nitrogens with one attached hydrogen (secondary N) is 2. The summed E-state index contributed by atoms with van der Waals surface area (Å²) in [4.78, 5) is 7.04. The van der Waals surface area contributed by atoms with E-state index in [1.165, 1.54) is 16.7 Å². The quantitative estimate of drug-likeness (QED) is 0.492. The van der Waals surface area contributed by atoms with Crippen molar-refractivity contribution in [2.24, 2.45) is 4.99 Å². The molecule has 2 aromatic carbocycles. The smallest absolute Gasteiger partial charge is 0.191 e. The number of methoxy groups -OCH3 is 1. The highest BCUT2D eigenvalue weighted by Gasteiger charge is 2.15. The minimum atomic E-state index is 0.173. The van der Waals surface area contributed by atoms with Gasteiger partial charge in [0.2, 0.25) is 0 Å². The van der Waals surface area contributed by atoms with E-state index in [1.807, 2.05) is 12.1 Å².